The SMILES string of the molecule is CC(C)C(=O)c1cn(CC2CC2)c2ccccc12. The first-order chi connectivity index (χ1) is 8.66. The highest BCUT2D eigenvalue weighted by molar-refractivity contribution is 6.08. The van der Waals surface area contributed by atoms with Gasteiger partial charge in [0.25, 0.3) is 0 Å². The highest BCUT2D eigenvalue weighted by atomic mass is 16.1. The van der Waals surface area contributed by atoms with E-state index in [1.54, 1.807) is 0 Å². The van der Waals surface area contributed by atoms with Gasteiger partial charge in [-0.1, -0.05) is 32.0 Å². The van der Waals surface area contributed by atoms with Gasteiger partial charge in [0.2, 0.25) is 0 Å². The third-order valence-electron chi connectivity index (χ3n) is 3.73. The van der Waals surface area contributed by atoms with Gasteiger partial charge in [0, 0.05) is 35.1 Å². The van der Waals surface area contributed by atoms with Gasteiger partial charge < -0.3 is 4.57 Å². The first-order valence-corrected chi connectivity index (χ1v) is 6.79. The lowest BCUT2D eigenvalue weighted by molar-refractivity contribution is 0.0941. The Hall–Kier alpha value is -1.57. The second kappa shape index (κ2) is 4.27. The van der Waals surface area contributed by atoms with Crippen molar-refractivity contribution in [1.82, 2.24) is 4.57 Å². The number of carbonyl (C=O) groups excluding carboxylic acids is 1. The monoisotopic (exact) mass is 241 g/mol. The largest absolute Gasteiger partial charge is 0.346 e. The molecule has 0 bridgehead atoms. The number of para-hydroxylation sites is 1. The number of carbonyl (C=O) groups is 1. The normalized spacial score (nSPS) is 15.5. The molecular weight excluding hydrogens is 222 g/mol. The summed E-state index contributed by atoms with van der Waals surface area (Å²) in [6, 6.07) is 8.25. The number of benzene rings is 1. The molecule has 0 aliphatic heterocycles. The van der Waals surface area contributed by atoms with Crippen LogP contribution in [0, 0.1) is 11.8 Å². The lowest BCUT2D eigenvalue weighted by Crippen LogP contribution is -2.06. The number of ketones is 1. The Morgan fingerprint density at radius 1 is 1.33 bits per heavy atom. The van der Waals surface area contributed by atoms with Gasteiger partial charge in [0.05, 0.1) is 0 Å². The fraction of sp³-hybridized carbons (Fsp3) is 0.438. The molecule has 1 saturated carbocycles. The van der Waals surface area contributed by atoms with E-state index < -0.39 is 0 Å². The van der Waals surface area contributed by atoms with Crippen molar-refractivity contribution in [3.8, 4) is 0 Å². The van der Waals surface area contributed by atoms with E-state index in [1.165, 1.54) is 18.4 Å². The van der Waals surface area contributed by atoms with E-state index in [-0.39, 0.29) is 11.7 Å². The third kappa shape index (κ3) is 1.96. The minimum absolute atomic E-state index is 0.0604. The van der Waals surface area contributed by atoms with Gasteiger partial charge >= 0.3 is 0 Å². The molecule has 2 nitrogen and oxygen atoms in total. The van der Waals surface area contributed by atoms with Crippen LogP contribution in [0.5, 0.6) is 0 Å². The molecule has 1 fully saturated rings. The van der Waals surface area contributed by atoms with Crippen LogP contribution in [0.25, 0.3) is 10.9 Å². The highest BCUT2D eigenvalue weighted by Crippen LogP contribution is 2.33. The average molecular weight is 241 g/mol. The van der Waals surface area contributed by atoms with E-state index in [0.717, 1.165) is 23.4 Å². The topological polar surface area (TPSA) is 22.0 Å². The van der Waals surface area contributed by atoms with Crippen LogP contribution in [0.3, 0.4) is 0 Å². The Kier molecular flexibility index (Phi) is 2.73. The fourth-order valence-electron chi connectivity index (χ4n) is 2.48. The van der Waals surface area contributed by atoms with Crippen LogP contribution in [-0.2, 0) is 6.54 Å². The molecule has 0 radical (unpaired) electrons. The summed E-state index contributed by atoms with van der Waals surface area (Å²) in [5, 5.41) is 1.11. The van der Waals surface area contributed by atoms with Crippen molar-refractivity contribution in [1.29, 1.82) is 0 Å². The molecule has 0 spiro atoms. The molecule has 18 heavy (non-hydrogen) atoms. The highest BCUT2D eigenvalue weighted by Gasteiger charge is 2.24. The Balaban J connectivity index is 2.10. The van der Waals surface area contributed by atoms with Gasteiger partial charge in [-0.3, -0.25) is 4.79 Å². The maximum atomic E-state index is 12.3. The molecule has 1 aromatic carbocycles. The average Bonchev–Trinajstić information content (AvgIpc) is 3.10. The van der Waals surface area contributed by atoms with Crippen molar-refractivity contribution in [2.24, 2.45) is 11.8 Å². The molecule has 0 amide bonds. The smallest absolute Gasteiger partial charge is 0.167 e. The van der Waals surface area contributed by atoms with Crippen LogP contribution in [0.1, 0.15) is 37.0 Å². The Bertz CT molecular complexity index is 590. The second-order valence-corrected chi connectivity index (χ2v) is 5.67. The summed E-state index contributed by atoms with van der Waals surface area (Å²) < 4.78 is 2.27. The summed E-state index contributed by atoms with van der Waals surface area (Å²) in [4.78, 5) is 12.3. The van der Waals surface area contributed by atoms with Crippen molar-refractivity contribution in [3.63, 3.8) is 0 Å². The molecule has 1 aliphatic rings. The molecule has 1 aromatic heterocycles. The molecule has 0 unspecified atom stereocenters. The van der Waals surface area contributed by atoms with Crippen molar-refractivity contribution in [2.45, 2.75) is 33.2 Å². The minimum atomic E-state index is 0.0604. The molecule has 94 valence electrons. The van der Waals surface area contributed by atoms with Gasteiger partial charge in [-0.05, 0) is 24.8 Å². The number of aromatic nitrogens is 1. The molecular formula is C16H19NO. The summed E-state index contributed by atoms with van der Waals surface area (Å²) >= 11 is 0. The van der Waals surface area contributed by atoms with Gasteiger partial charge in [0.1, 0.15) is 0 Å². The van der Waals surface area contributed by atoms with E-state index in [1.807, 2.05) is 19.9 Å². The van der Waals surface area contributed by atoms with Crippen LogP contribution >= 0.6 is 0 Å². The third-order valence-corrected chi connectivity index (χ3v) is 3.73. The zero-order chi connectivity index (χ0) is 12.7. The molecule has 2 heteroatoms. The first kappa shape index (κ1) is 11.5. The number of hydrogen-bond acceptors (Lipinski definition) is 1. The van der Waals surface area contributed by atoms with Crippen LogP contribution < -0.4 is 0 Å². The molecule has 0 saturated heterocycles. The van der Waals surface area contributed by atoms with Crippen molar-refractivity contribution in [3.05, 3.63) is 36.0 Å². The van der Waals surface area contributed by atoms with E-state index in [0.29, 0.717) is 0 Å². The van der Waals surface area contributed by atoms with Crippen LogP contribution in [0.15, 0.2) is 30.5 Å². The number of Topliss-reactive ketones (excluding diaryl/α,β-unsaturated/α-hetero) is 1. The number of rotatable bonds is 4. The standard InChI is InChI=1S/C16H19NO/c1-11(2)16(18)14-10-17(9-12-7-8-12)15-6-4-3-5-13(14)15/h3-6,10-12H,7-9H2,1-2H3. The van der Waals surface area contributed by atoms with Gasteiger partial charge in [0.15, 0.2) is 5.78 Å². The van der Waals surface area contributed by atoms with Crippen LogP contribution in [-0.4, -0.2) is 10.4 Å². The summed E-state index contributed by atoms with van der Waals surface area (Å²) in [6.07, 6.45) is 4.73. The number of nitrogens with zero attached hydrogens (tertiary/aromatic N) is 1. The van der Waals surface area contributed by atoms with Crippen molar-refractivity contribution in [2.75, 3.05) is 0 Å². The Morgan fingerprint density at radius 2 is 2.06 bits per heavy atom. The van der Waals surface area contributed by atoms with Crippen molar-refractivity contribution >= 4 is 16.7 Å². The van der Waals surface area contributed by atoms with E-state index in [4.69, 9.17) is 0 Å². The second-order valence-electron chi connectivity index (χ2n) is 5.67. The first-order valence-electron chi connectivity index (χ1n) is 6.79. The zero-order valence-electron chi connectivity index (χ0n) is 11.0. The molecule has 0 N–H and O–H groups in total. The lowest BCUT2D eigenvalue weighted by Gasteiger charge is -2.02. The van der Waals surface area contributed by atoms with E-state index >= 15 is 0 Å². The molecule has 1 aliphatic carbocycles. The quantitative estimate of drug-likeness (QED) is 0.744. The lowest BCUT2D eigenvalue weighted by atomic mass is 10.0. The van der Waals surface area contributed by atoms with Gasteiger partial charge in [-0.25, -0.2) is 0 Å². The predicted molar refractivity (Wildman–Crippen MR) is 73.8 cm³/mol. The van der Waals surface area contributed by atoms with E-state index in [2.05, 4.69) is 29.0 Å². The van der Waals surface area contributed by atoms with Crippen LogP contribution in [0.4, 0.5) is 0 Å². The maximum Gasteiger partial charge on any atom is 0.167 e. The molecule has 0 atom stereocenters. The summed E-state index contributed by atoms with van der Waals surface area (Å²) in [7, 11) is 0. The Morgan fingerprint density at radius 3 is 2.72 bits per heavy atom. The maximum absolute atomic E-state index is 12.3. The molecule has 3 rings (SSSR count). The predicted octanol–water partition coefficient (Wildman–Crippen LogP) is 3.89. The Labute approximate surface area is 108 Å². The summed E-state index contributed by atoms with van der Waals surface area (Å²) in [5.41, 5.74) is 2.09. The molecule has 1 heterocycles. The van der Waals surface area contributed by atoms with E-state index in [9.17, 15) is 4.79 Å². The van der Waals surface area contributed by atoms with Gasteiger partial charge in [-0.2, -0.15) is 0 Å². The zero-order valence-corrected chi connectivity index (χ0v) is 11.0. The molecule has 2 aromatic rings. The van der Waals surface area contributed by atoms with Gasteiger partial charge in [-0.15, -0.1) is 0 Å². The fourth-order valence-corrected chi connectivity index (χ4v) is 2.48. The van der Waals surface area contributed by atoms with Crippen molar-refractivity contribution < 1.29 is 4.79 Å². The van der Waals surface area contributed by atoms with Crippen LogP contribution in [0.2, 0.25) is 0 Å². The number of fused-ring (bicyclic) bond motifs is 1. The number of hydrogen-bond donors (Lipinski definition) is 0. The summed E-state index contributed by atoms with van der Waals surface area (Å²) in [6.45, 7) is 5.00. The summed E-state index contributed by atoms with van der Waals surface area (Å²) in [5.74, 6) is 1.13. The minimum Gasteiger partial charge on any atom is -0.346 e.